The highest BCUT2D eigenvalue weighted by Gasteiger charge is 2.33. The maximum Gasteiger partial charge on any atom is 0.338 e. The van der Waals surface area contributed by atoms with Gasteiger partial charge in [-0.2, -0.15) is 0 Å². The maximum absolute atomic E-state index is 13.9. The van der Waals surface area contributed by atoms with Gasteiger partial charge in [-0.15, -0.1) is 0 Å². The number of halogens is 1. The van der Waals surface area contributed by atoms with Gasteiger partial charge in [0.2, 0.25) is 0 Å². The van der Waals surface area contributed by atoms with E-state index in [-0.39, 0.29) is 12.2 Å². The molecule has 4 rings (SSSR count). The third-order valence-electron chi connectivity index (χ3n) is 5.92. The van der Waals surface area contributed by atoms with Gasteiger partial charge in [-0.25, -0.2) is 9.79 Å². The highest BCUT2D eigenvalue weighted by atomic mass is 79.9. The van der Waals surface area contributed by atoms with Crippen LogP contribution in [0.15, 0.2) is 74.6 Å². The molecular formula is C29H29BrN2O6S. The molecule has 1 aliphatic rings. The lowest BCUT2D eigenvalue weighted by atomic mass is 9.96. The number of methoxy groups -OCH3 is 1. The minimum Gasteiger partial charge on any atom is -0.494 e. The van der Waals surface area contributed by atoms with Crippen LogP contribution in [0.1, 0.15) is 37.9 Å². The summed E-state index contributed by atoms with van der Waals surface area (Å²) in [7, 11) is 1.55. The number of hydrogen-bond acceptors (Lipinski definition) is 8. The van der Waals surface area contributed by atoms with Crippen LogP contribution >= 0.6 is 27.3 Å². The second-order valence-corrected chi connectivity index (χ2v) is 10.3. The molecular weight excluding hydrogens is 584 g/mol. The summed E-state index contributed by atoms with van der Waals surface area (Å²) < 4.78 is 24.9. The molecule has 0 radical (unpaired) electrons. The molecule has 1 atom stereocenters. The van der Waals surface area contributed by atoms with E-state index in [2.05, 4.69) is 27.5 Å². The van der Waals surface area contributed by atoms with Gasteiger partial charge >= 0.3 is 5.97 Å². The molecule has 0 bridgehead atoms. The van der Waals surface area contributed by atoms with Gasteiger partial charge in [0, 0.05) is 0 Å². The molecule has 0 N–H and O–H groups in total. The molecule has 0 spiro atoms. The molecule has 0 fully saturated rings. The van der Waals surface area contributed by atoms with Crippen molar-refractivity contribution in [1.29, 1.82) is 0 Å². The van der Waals surface area contributed by atoms with Crippen molar-refractivity contribution in [3.8, 4) is 17.2 Å². The van der Waals surface area contributed by atoms with Crippen LogP contribution in [0.5, 0.6) is 17.2 Å². The van der Waals surface area contributed by atoms with Gasteiger partial charge in [0.05, 0.1) is 46.6 Å². The van der Waals surface area contributed by atoms with E-state index in [9.17, 15) is 9.59 Å². The fraction of sp³-hybridized carbons (Fsp3) is 0.276. The normalized spacial score (nSPS) is 14.9. The van der Waals surface area contributed by atoms with E-state index in [1.54, 1.807) is 43.7 Å². The lowest BCUT2D eigenvalue weighted by molar-refractivity contribution is -0.139. The average molecular weight is 614 g/mol. The van der Waals surface area contributed by atoms with Crippen LogP contribution in [0.4, 0.5) is 0 Å². The van der Waals surface area contributed by atoms with E-state index >= 15 is 0 Å². The van der Waals surface area contributed by atoms with Gasteiger partial charge in [0.15, 0.2) is 16.3 Å². The highest BCUT2D eigenvalue weighted by Crippen LogP contribution is 2.37. The fourth-order valence-electron chi connectivity index (χ4n) is 4.28. The number of benzene rings is 2. The molecule has 204 valence electrons. The first-order chi connectivity index (χ1) is 18.8. The predicted molar refractivity (Wildman–Crippen MR) is 154 cm³/mol. The molecule has 2 aromatic carbocycles. The number of carbonyl (C=O) groups excluding carboxylic acids is 1. The Hall–Kier alpha value is -3.63. The number of rotatable bonds is 10. The Kier molecular flexibility index (Phi) is 9.08. The number of nitrogens with zero attached hydrogens (tertiary/aromatic N) is 2. The van der Waals surface area contributed by atoms with E-state index in [0.717, 1.165) is 11.1 Å². The van der Waals surface area contributed by atoms with E-state index in [0.29, 0.717) is 55.5 Å². The molecule has 0 saturated carbocycles. The first-order valence-electron chi connectivity index (χ1n) is 12.4. The Morgan fingerprint density at radius 1 is 1.18 bits per heavy atom. The average Bonchev–Trinajstić information content (AvgIpc) is 3.21. The number of hydrogen-bond donors (Lipinski definition) is 0. The molecule has 8 nitrogen and oxygen atoms in total. The third-order valence-corrected chi connectivity index (χ3v) is 7.49. The summed E-state index contributed by atoms with van der Waals surface area (Å²) in [4.78, 5) is 32.1. The second kappa shape index (κ2) is 12.5. The molecule has 0 unspecified atom stereocenters. The fourth-order valence-corrected chi connectivity index (χ4v) is 5.90. The van der Waals surface area contributed by atoms with Crippen molar-refractivity contribution in [1.82, 2.24) is 4.57 Å². The Morgan fingerprint density at radius 2 is 1.92 bits per heavy atom. The number of allylic oxidation sites excluding steroid dienone is 1. The summed E-state index contributed by atoms with van der Waals surface area (Å²) in [6.07, 6.45) is 3.42. The molecule has 2 heterocycles. The number of carbonyl (C=O) groups is 1. The summed E-state index contributed by atoms with van der Waals surface area (Å²) in [6, 6.07) is 10.3. The zero-order chi connectivity index (χ0) is 28.1. The number of aromatic nitrogens is 1. The topological polar surface area (TPSA) is 88.4 Å². The zero-order valence-corrected chi connectivity index (χ0v) is 24.6. The smallest absolute Gasteiger partial charge is 0.338 e. The third kappa shape index (κ3) is 5.86. The lowest BCUT2D eigenvalue weighted by Gasteiger charge is -2.24. The molecule has 1 aliphatic heterocycles. The molecule has 0 saturated heterocycles. The monoisotopic (exact) mass is 612 g/mol. The lowest BCUT2D eigenvalue weighted by Crippen LogP contribution is -2.39. The van der Waals surface area contributed by atoms with Gasteiger partial charge in [-0.05, 0) is 78.2 Å². The summed E-state index contributed by atoms with van der Waals surface area (Å²) in [5, 5.41) is 0. The van der Waals surface area contributed by atoms with Crippen LogP contribution in [0, 0.1) is 0 Å². The summed E-state index contributed by atoms with van der Waals surface area (Å²) >= 11 is 4.79. The first-order valence-corrected chi connectivity index (χ1v) is 14.0. The first kappa shape index (κ1) is 28.4. The second-order valence-electron chi connectivity index (χ2n) is 8.44. The maximum atomic E-state index is 13.9. The van der Waals surface area contributed by atoms with Crippen molar-refractivity contribution in [2.45, 2.75) is 26.8 Å². The summed E-state index contributed by atoms with van der Waals surface area (Å²) in [5.74, 6) is 1.25. The van der Waals surface area contributed by atoms with E-state index in [1.807, 2.05) is 37.3 Å². The zero-order valence-electron chi connectivity index (χ0n) is 22.2. The molecule has 0 amide bonds. The standard InChI is InChI=1S/C29H29BrN2O6S/c1-6-13-38-26-21(30)14-18(15-22(26)35-5)16-23-27(33)32-25(19-9-11-20(12-10-19)36-7-2)24(28(34)37-8-3)17(4)31-29(32)39-23/h6,9-12,14-16,25H,1,7-8,13H2,2-5H3/b23-16-/t25-/m1/s1. The van der Waals surface area contributed by atoms with E-state index < -0.39 is 12.0 Å². The minimum absolute atomic E-state index is 0.208. The molecule has 1 aromatic heterocycles. The Labute approximate surface area is 238 Å². The molecule has 10 heteroatoms. The van der Waals surface area contributed by atoms with Crippen LogP contribution in [0.2, 0.25) is 0 Å². The quantitative estimate of drug-likeness (QED) is 0.247. The number of fused-ring (bicyclic) bond motifs is 1. The molecule has 3 aromatic rings. The van der Waals surface area contributed by atoms with Crippen LogP contribution in [0.25, 0.3) is 6.08 Å². The van der Waals surface area contributed by atoms with E-state index in [4.69, 9.17) is 18.9 Å². The minimum atomic E-state index is -0.700. The van der Waals surface area contributed by atoms with Crippen LogP contribution in [-0.4, -0.2) is 37.5 Å². The molecule has 0 aliphatic carbocycles. The van der Waals surface area contributed by atoms with Gasteiger partial charge < -0.3 is 18.9 Å². The number of thiazole rings is 1. The molecule has 39 heavy (non-hydrogen) atoms. The largest absolute Gasteiger partial charge is 0.494 e. The van der Waals surface area contributed by atoms with Crippen LogP contribution in [0.3, 0.4) is 0 Å². The van der Waals surface area contributed by atoms with Gasteiger partial charge in [-0.3, -0.25) is 9.36 Å². The van der Waals surface area contributed by atoms with Crippen molar-refractivity contribution in [2.75, 3.05) is 26.9 Å². The highest BCUT2D eigenvalue weighted by molar-refractivity contribution is 9.10. The van der Waals surface area contributed by atoms with Crippen LogP contribution < -0.4 is 29.1 Å². The van der Waals surface area contributed by atoms with Crippen molar-refractivity contribution in [3.63, 3.8) is 0 Å². The Morgan fingerprint density at radius 3 is 2.56 bits per heavy atom. The Balaban J connectivity index is 1.88. The van der Waals surface area contributed by atoms with Crippen molar-refractivity contribution in [3.05, 3.63) is 95.6 Å². The van der Waals surface area contributed by atoms with Crippen molar-refractivity contribution < 1.29 is 23.7 Å². The predicted octanol–water partition coefficient (Wildman–Crippen LogP) is 4.53. The van der Waals surface area contributed by atoms with Crippen molar-refractivity contribution >= 4 is 39.3 Å². The van der Waals surface area contributed by atoms with Gasteiger partial charge in [0.25, 0.3) is 5.56 Å². The number of esters is 1. The van der Waals surface area contributed by atoms with Gasteiger partial charge in [0.1, 0.15) is 12.4 Å². The Bertz CT molecular complexity index is 1600. The van der Waals surface area contributed by atoms with E-state index in [1.165, 1.54) is 11.3 Å². The van der Waals surface area contributed by atoms with Crippen LogP contribution in [-0.2, 0) is 9.53 Å². The number of ether oxygens (including phenoxy) is 4. The SMILES string of the molecule is C=CCOc1c(Br)cc(/C=c2\sc3n(c2=O)[C@H](c2ccc(OCC)cc2)C(C(=O)OCC)=C(C)N=3)cc1OC. The summed E-state index contributed by atoms with van der Waals surface area (Å²) in [6.45, 7) is 10.2. The van der Waals surface area contributed by atoms with Gasteiger partial charge in [-0.1, -0.05) is 36.1 Å². The van der Waals surface area contributed by atoms with Crippen molar-refractivity contribution in [2.24, 2.45) is 4.99 Å². The summed E-state index contributed by atoms with van der Waals surface area (Å²) in [5.41, 5.74) is 2.04.